The van der Waals surface area contributed by atoms with Crippen LogP contribution in [0.3, 0.4) is 0 Å². The molecule has 0 amide bonds. The van der Waals surface area contributed by atoms with E-state index in [1.54, 1.807) is 12.1 Å². The van der Waals surface area contributed by atoms with E-state index in [2.05, 4.69) is 36.9 Å². The van der Waals surface area contributed by atoms with Gasteiger partial charge in [-0.25, -0.2) is 4.79 Å². The second-order valence-corrected chi connectivity index (χ2v) is 6.48. The van der Waals surface area contributed by atoms with Gasteiger partial charge in [0.2, 0.25) is 0 Å². The van der Waals surface area contributed by atoms with Crippen LogP contribution in [0.5, 0.6) is 0 Å². The molecule has 0 spiro atoms. The molecule has 0 saturated carbocycles. The fourth-order valence-corrected chi connectivity index (χ4v) is 3.60. The summed E-state index contributed by atoms with van der Waals surface area (Å²) in [5.74, 6) is -0.513. The summed E-state index contributed by atoms with van der Waals surface area (Å²) in [5.41, 5.74) is 5.49. The minimum Gasteiger partial charge on any atom is -0.478 e. The van der Waals surface area contributed by atoms with Crippen LogP contribution in [0.4, 0.5) is 0 Å². The maximum absolute atomic E-state index is 11.4. The molecule has 0 aliphatic carbocycles. The van der Waals surface area contributed by atoms with E-state index in [0.717, 1.165) is 31.6 Å². The van der Waals surface area contributed by atoms with Crippen LogP contribution in [-0.4, -0.2) is 29.1 Å². The van der Waals surface area contributed by atoms with Crippen molar-refractivity contribution in [1.82, 2.24) is 4.90 Å². The van der Waals surface area contributed by atoms with Gasteiger partial charge in [-0.3, -0.25) is 4.90 Å². The van der Waals surface area contributed by atoms with Gasteiger partial charge in [-0.05, 0) is 61.1 Å². The summed E-state index contributed by atoms with van der Waals surface area (Å²) < 4.78 is 0. The summed E-state index contributed by atoms with van der Waals surface area (Å²) in [5, 5.41) is 9.39. The van der Waals surface area contributed by atoms with Crippen molar-refractivity contribution in [2.24, 2.45) is 0 Å². The van der Waals surface area contributed by atoms with E-state index in [-0.39, 0.29) is 0 Å². The zero-order chi connectivity index (χ0) is 16.4. The summed E-state index contributed by atoms with van der Waals surface area (Å²) in [6, 6.07) is 13.9. The third-order valence-electron chi connectivity index (χ3n) is 4.93. The number of carboxylic acids is 1. The van der Waals surface area contributed by atoms with E-state index < -0.39 is 5.97 Å². The molecule has 0 radical (unpaired) electrons. The van der Waals surface area contributed by atoms with Gasteiger partial charge in [0.15, 0.2) is 0 Å². The van der Waals surface area contributed by atoms with Crippen molar-refractivity contribution in [3.63, 3.8) is 0 Å². The van der Waals surface area contributed by atoms with E-state index in [9.17, 15) is 9.90 Å². The fraction of sp³-hybridized carbons (Fsp3) is 0.350. The molecule has 1 aliphatic rings. The zero-order valence-electron chi connectivity index (χ0n) is 13.7. The molecule has 3 rings (SSSR count). The molecule has 0 bridgehead atoms. The summed E-state index contributed by atoms with van der Waals surface area (Å²) in [7, 11) is 0. The standard InChI is InChI=1S/C20H23NO2/c1-14-6-5-7-15(2)19(14)13-21-11-10-16(12-21)17-8-3-4-9-18(17)20(22)23/h3-9,16H,10-13H2,1-2H3,(H,22,23). The van der Waals surface area contributed by atoms with Gasteiger partial charge in [0, 0.05) is 13.1 Å². The molecule has 120 valence electrons. The van der Waals surface area contributed by atoms with Crippen molar-refractivity contribution in [2.45, 2.75) is 32.7 Å². The van der Waals surface area contributed by atoms with Crippen molar-refractivity contribution < 1.29 is 9.90 Å². The highest BCUT2D eigenvalue weighted by molar-refractivity contribution is 5.89. The molecule has 2 aromatic rings. The number of likely N-dealkylation sites (tertiary alicyclic amines) is 1. The van der Waals surface area contributed by atoms with Crippen molar-refractivity contribution in [3.8, 4) is 0 Å². The largest absolute Gasteiger partial charge is 0.478 e. The molecule has 1 aliphatic heterocycles. The van der Waals surface area contributed by atoms with Gasteiger partial charge < -0.3 is 5.11 Å². The Labute approximate surface area is 137 Å². The molecule has 3 heteroatoms. The maximum Gasteiger partial charge on any atom is 0.335 e. The van der Waals surface area contributed by atoms with Crippen molar-refractivity contribution in [2.75, 3.05) is 13.1 Å². The minimum absolute atomic E-state index is 0.312. The van der Waals surface area contributed by atoms with Crippen LogP contribution in [0.15, 0.2) is 42.5 Å². The smallest absolute Gasteiger partial charge is 0.335 e. The van der Waals surface area contributed by atoms with Crippen LogP contribution in [-0.2, 0) is 6.54 Å². The highest BCUT2D eigenvalue weighted by atomic mass is 16.4. The molecule has 1 unspecified atom stereocenters. The van der Waals surface area contributed by atoms with Crippen molar-refractivity contribution >= 4 is 5.97 Å². The van der Waals surface area contributed by atoms with Crippen LogP contribution >= 0.6 is 0 Å². The first-order valence-corrected chi connectivity index (χ1v) is 8.16. The molecule has 1 heterocycles. The first kappa shape index (κ1) is 15.8. The average Bonchev–Trinajstić information content (AvgIpc) is 2.99. The number of aromatic carboxylic acids is 1. The van der Waals surface area contributed by atoms with Crippen LogP contribution in [0.2, 0.25) is 0 Å². The second kappa shape index (κ2) is 6.55. The highest BCUT2D eigenvalue weighted by Crippen LogP contribution is 2.31. The van der Waals surface area contributed by atoms with E-state index in [4.69, 9.17) is 0 Å². The Bertz CT molecular complexity index is 703. The van der Waals surface area contributed by atoms with Gasteiger partial charge in [0.1, 0.15) is 0 Å². The van der Waals surface area contributed by atoms with Gasteiger partial charge in [0.05, 0.1) is 5.56 Å². The average molecular weight is 309 g/mol. The molecule has 1 saturated heterocycles. The number of aryl methyl sites for hydroxylation is 2. The topological polar surface area (TPSA) is 40.5 Å². The number of hydrogen-bond acceptors (Lipinski definition) is 2. The minimum atomic E-state index is -0.825. The molecule has 23 heavy (non-hydrogen) atoms. The van der Waals surface area contributed by atoms with Gasteiger partial charge in [-0.1, -0.05) is 36.4 Å². The Balaban J connectivity index is 1.76. The van der Waals surface area contributed by atoms with E-state index >= 15 is 0 Å². The Kier molecular flexibility index (Phi) is 4.49. The van der Waals surface area contributed by atoms with E-state index in [1.165, 1.54) is 16.7 Å². The number of rotatable bonds is 4. The van der Waals surface area contributed by atoms with Crippen molar-refractivity contribution in [1.29, 1.82) is 0 Å². The van der Waals surface area contributed by atoms with Gasteiger partial charge in [-0.15, -0.1) is 0 Å². The Morgan fingerprint density at radius 3 is 2.52 bits per heavy atom. The predicted molar refractivity (Wildman–Crippen MR) is 92.0 cm³/mol. The molecule has 0 aromatic heterocycles. The predicted octanol–water partition coefficient (Wildman–Crippen LogP) is 3.99. The molecular weight excluding hydrogens is 286 g/mol. The second-order valence-electron chi connectivity index (χ2n) is 6.48. The normalized spacial score (nSPS) is 18.3. The van der Waals surface area contributed by atoms with E-state index in [1.807, 2.05) is 12.1 Å². The first-order valence-electron chi connectivity index (χ1n) is 8.16. The van der Waals surface area contributed by atoms with Gasteiger partial charge in [0.25, 0.3) is 0 Å². The monoisotopic (exact) mass is 309 g/mol. The lowest BCUT2D eigenvalue weighted by molar-refractivity contribution is 0.0695. The molecule has 1 atom stereocenters. The molecule has 2 aromatic carbocycles. The Hall–Kier alpha value is -2.13. The summed E-state index contributed by atoms with van der Waals surface area (Å²) in [6.07, 6.45) is 1.02. The Morgan fingerprint density at radius 2 is 1.83 bits per heavy atom. The quantitative estimate of drug-likeness (QED) is 0.928. The lowest BCUT2D eigenvalue weighted by atomic mass is 9.93. The fourth-order valence-electron chi connectivity index (χ4n) is 3.60. The third-order valence-corrected chi connectivity index (χ3v) is 4.93. The molecule has 3 nitrogen and oxygen atoms in total. The summed E-state index contributed by atoms with van der Waals surface area (Å²) in [4.78, 5) is 13.9. The van der Waals surface area contributed by atoms with Crippen LogP contribution in [0, 0.1) is 13.8 Å². The zero-order valence-corrected chi connectivity index (χ0v) is 13.7. The molecule has 1 fully saturated rings. The summed E-state index contributed by atoms with van der Waals surface area (Å²) >= 11 is 0. The Morgan fingerprint density at radius 1 is 1.13 bits per heavy atom. The van der Waals surface area contributed by atoms with Crippen LogP contribution in [0.1, 0.15) is 45.0 Å². The lowest BCUT2D eigenvalue weighted by Gasteiger charge is -2.19. The number of hydrogen-bond donors (Lipinski definition) is 1. The molecular formula is C20H23NO2. The SMILES string of the molecule is Cc1cccc(C)c1CN1CCC(c2ccccc2C(=O)O)C1. The van der Waals surface area contributed by atoms with Crippen LogP contribution < -0.4 is 0 Å². The first-order chi connectivity index (χ1) is 11.1. The lowest BCUT2D eigenvalue weighted by Crippen LogP contribution is -2.21. The maximum atomic E-state index is 11.4. The van der Waals surface area contributed by atoms with Gasteiger partial charge in [-0.2, -0.15) is 0 Å². The number of benzene rings is 2. The number of carbonyl (C=O) groups is 1. The van der Waals surface area contributed by atoms with Crippen molar-refractivity contribution in [3.05, 3.63) is 70.3 Å². The van der Waals surface area contributed by atoms with E-state index in [0.29, 0.717) is 11.5 Å². The van der Waals surface area contributed by atoms with Crippen LogP contribution in [0.25, 0.3) is 0 Å². The highest BCUT2D eigenvalue weighted by Gasteiger charge is 2.27. The third kappa shape index (κ3) is 3.30. The number of carboxylic acid groups (broad SMARTS) is 1. The van der Waals surface area contributed by atoms with Gasteiger partial charge >= 0.3 is 5.97 Å². The number of nitrogens with zero attached hydrogens (tertiary/aromatic N) is 1. The molecule has 1 N–H and O–H groups in total. The summed E-state index contributed by atoms with van der Waals surface area (Å²) in [6.45, 7) is 7.22.